The summed E-state index contributed by atoms with van der Waals surface area (Å²) in [5.41, 5.74) is 0.271. The molecule has 0 aromatic rings. The molecule has 3 heteroatoms. The number of hydrogen-bond acceptors (Lipinski definition) is 3. The molecule has 0 amide bonds. The Morgan fingerprint density at radius 3 is 2.50 bits per heavy atom. The summed E-state index contributed by atoms with van der Waals surface area (Å²) in [7, 11) is 0. The Morgan fingerprint density at radius 2 is 1.85 bits per heavy atom. The van der Waals surface area contributed by atoms with Crippen LogP contribution in [0.2, 0.25) is 0 Å². The van der Waals surface area contributed by atoms with E-state index >= 15 is 0 Å². The third-order valence-electron chi connectivity index (χ3n) is 5.22. The fourth-order valence-corrected chi connectivity index (χ4v) is 3.87. The molecule has 118 valence electrons. The van der Waals surface area contributed by atoms with E-state index in [1.165, 1.54) is 44.9 Å². The number of nitrogens with zero attached hydrogens (tertiary/aromatic N) is 1. The van der Waals surface area contributed by atoms with Crippen LogP contribution in [-0.4, -0.2) is 48.8 Å². The van der Waals surface area contributed by atoms with E-state index in [4.69, 9.17) is 4.74 Å². The van der Waals surface area contributed by atoms with Gasteiger partial charge in [0.2, 0.25) is 0 Å². The number of rotatable bonds is 7. The first-order valence-electron chi connectivity index (χ1n) is 8.81. The van der Waals surface area contributed by atoms with Gasteiger partial charge in [-0.3, -0.25) is 0 Å². The van der Waals surface area contributed by atoms with Crippen LogP contribution in [0.5, 0.6) is 0 Å². The summed E-state index contributed by atoms with van der Waals surface area (Å²) < 4.78 is 6.42. The van der Waals surface area contributed by atoms with E-state index in [0.29, 0.717) is 12.1 Å². The molecule has 0 bridgehead atoms. The molecule has 1 saturated heterocycles. The predicted octanol–water partition coefficient (Wildman–Crippen LogP) is 3.19. The van der Waals surface area contributed by atoms with E-state index in [-0.39, 0.29) is 5.60 Å². The molecular weight excluding hydrogens is 248 g/mol. The fraction of sp³-hybridized carbons (Fsp3) is 1.00. The molecule has 1 saturated carbocycles. The van der Waals surface area contributed by atoms with Gasteiger partial charge in [0.15, 0.2) is 0 Å². The molecule has 20 heavy (non-hydrogen) atoms. The smallest absolute Gasteiger partial charge is 0.0708 e. The lowest BCUT2D eigenvalue weighted by atomic mass is 9.83. The lowest BCUT2D eigenvalue weighted by Crippen LogP contribution is -2.42. The zero-order chi connectivity index (χ0) is 14.4. The molecule has 0 aromatic heterocycles. The van der Waals surface area contributed by atoms with Crippen LogP contribution in [0.3, 0.4) is 0 Å². The van der Waals surface area contributed by atoms with Crippen LogP contribution < -0.4 is 5.32 Å². The summed E-state index contributed by atoms with van der Waals surface area (Å²) in [6.45, 7) is 11.2. The van der Waals surface area contributed by atoms with Gasteiger partial charge in [-0.15, -0.1) is 0 Å². The first-order valence-corrected chi connectivity index (χ1v) is 8.81. The van der Waals surface area contributed by atoms with Crippen LogP contribution in [-0.2, 0) is 4.74 Å². The van der Waals surface area contributed by atoms with Gasteiger partial charge in [0.1, 0.15) is 0 Å². The van der Waals surface area contributed by atoms with Crippen LogP contribution in [0.25, 0.3) is 0 Å². The number of hydrogen-bond donors (Lipinski definition) is 1. The molecular formula is C17H34N2O. The maximum Gasteiger partial charge on any atom is 0.0708 e. The van der Waals surface area contributed by atoms with Gasteiger partial charge in [0.05, 0.1) is 11.7 Å². The van der Waals surface area contributed by atoms with Gasteiger partial charge in [-0.2, -0.15) is 0 Å². The van der Waals surface area contributed by atoms with Crippen molar-refractivity contribution in [3.05, 3.63) is 0 Å². The van der Waals surface area contributed by atoms with Crippen molar-refractivity contribution in [1.82, 2.24) is 10.2 Å². The molecule has 2 unspecified atom stereocenters. The normalized spacial score (nSPS) is 27.3. The molecule has 1 aliphatic carbocycles. The minimum Gasteiger partial charge on any atom is -0.370 e. The molecule has 2 aliphatic rings. The number of likely N-dealkylation sites (N-methyl/N-ethyl adjacent to an activating group) is 1. The Morgan fingerprint density at radius 1 is 1.15 bits per heavy atom. The summed E-state index contributed by atoms with van der Waals surface area (Å²) in [6, 6.07) is 0.557. The third kappa shape index (κ3) is 4.44. The SMILES string of the molecule is CCN(CC)CC(C)NCC1CCC2(CCCCC2)O1. The zero-order valence-corrected chi connectivity index (χ0v) is 13.8. The van der Waals surface area contributed by atoms with Crippen molar-refractivity contribution in [1.29, 1.82) is 0 Å². The average Bonchev–Trinajstić information content (AvgIpc) is 2.86. The summed E-state index contributed by atoms with van der Waals surface area (Å²) in [6.07, 6.45) is 9.77. The molecule has 0 aromatic carbocycles. The minimum absolute atomic E-state index is 0.271. The van der Waals surface area contributed by atoms with E-state index in [1.807, 2.05) is 0 Å². The molecule has 3 nitrogen and oxygen atoms in total. The molecule has 1 aliphatic heterocycles. The Bertz CT molecular complexity index is 272. The van der Waals surface area contributed by atoms with Crippen LogP contribution >= 0.6 is 0 Å². The van der Waals surface area contributed by atoms with Crippen molar-refractivity contribution in [3.8, 4) is 0 Å². The molecule has 2 rings (SSSR count). The van der Waals surface area contributed by atoms with Crippen molar-refractivity contribution in [2.75, 3.05) is 26.2 Å². The van der Waals surface area contributed by atoms with Gasteiger partial charge < -0.3 is 15.0 Å². The van der Waals surface area contributed by atoms with Crippen molar-refractivity contribution in [3.63, 3.8) is 0 Å². The van der Waals surface area contributed by atoms with Gasteiger partial charge in [-0.05, 0) is 45.7 Å². The van der Waals surface area contributed by atoms with Crippen molar-refractivity contribution < 1.29 is 4.74 Å². The number of nitrogens with one attached hydrogen (secondary N) is 1. The average molecular weight is 282 g/mol. The summed E-state index contributed by atoms with van der Waals surface area (Å²) in [5, 5.41) is 3.68. The van der Waals surface area contributed by atoms with Crippen LogP contribution in [0.15, 0.2) is 0 Å². The standard InChI is InChI=1S/C17H34N2O/c1-4-19(5-2)14-15(3)18-13-16-9-12-17(20-16)10-7-6-8-11-17/h15-16,18H,4-14H2,1-3H3. The topological polar surface area (TPSA) is 24.5 Å². The highest BCUT2D eigenvalue weighted by Gasteiger charge is 2.40. The zero-order valence-electron chi connectivity index (χ0n) is 13.8. The second-order valence-electron chi connectivity index (χ2n) is 6.82. The predicted molar refractivity (Wildman–Crippen MR) is 85.2 cm³/mol. The Labute approximate surface area is 125 Å². The summed E-state index contributed by atoms with van der Waals surface area (Å²) >= 11 is 0. The number of ether oxygens (including phenoxy) is 1. The molecule has 2 atom stereocenters. The van der Waals surface area contributed by atoms with Crippen molar-refractivity contribution in [2.24, 2.45) is 0 Å². The molecule has 1 spiro atoms. The van der Waals surface area contributed by atoms with Crippen molar-refractivity contribution in [2.45, 2.75) is 83.5 Å². The highest BCUT2D eigenvalue weighted by molar-refractivity contribution is 4.92. The second-order valence-corrected chi connectivity index (χ2v) is 6.82. The summed E-state index contributed by atoms with van der Waals surface area (Å²) in [4.78, 5) is 2.48. The third-order valence-corrected chi connectivity index (χ3v) is 5.22. The van der Waals surface area contributed by atoms with E-state index in [0.717, 1.165) is 26.2 Å². The fourth-order valence-electron chi connectivity index (χ4n) is 3.87. The van der Waals surface area contributed by atoms with Crippen LogP contribution in [0.1, 0.15) is 65.7 Å². The van der Waals surface area contributed by atoms with E-state index < -0.39 is 0 Å². The van der Waals surface area contributed by atoms with Crippen LogP contribution in [0.4, 0.5) is 0 Å². The second kappa shape index (κ2) is 7.77. The lowest BCUT2D eigenvalue weighted by Gasteiger charge is -2.33. The van der Waals surface area contributed by atoms with E-state index in [2.05, 4.69) is 31.0 Å². The first-order chi connectivity index (χ1) is 9.67. The van der Waals surface area contributed by atoms with Crippen molar-refractivity contribution >= 4 is 0 Å². The van der Waals surface area contributed by atoms with E-state index in [1.54, 1.807) is 0 Å². The van der Waals surface area contributed by atoms with Gasteiger partial charge in [-0.25, -0.2) is 0 Å². The van der Waals surface area contributed by atoms with E-state index in [9.17, 15) is 0 Å². The highest BCUT2D eigenvalue weighted by Crippen LogP contribution is 2.41. The highest BCUT2D eigenvalue weighted by atomic mass is 16.5. The van der Waals surface area contributed by atoms with Gasteiger partial charge in [0.25, 0.3) is 0 Å². The monoisotopic (exact) mass is 282 g/mol. The Balaban J connectivity index is 1.67. The molecule has 1 heterocycles. The lowest BCUT2D eigenvalue weighted by molar-refractivity contribution is -0.0629. The molecule has 0 radical (unpaired) electrons. The van der Waals surface area contributed by atoms with Gasteiger partial charge >= 0.3 is 0 Å². The Kier molecular flexibility index (Phi) is 6.31. The Hall–Kier alpha value is -0.120. The maximum atomic E-state index is 6.42. The van der Waals surface area contributed by atoms with Gasteiger partial charge in [0, 0.05) is 19.1 Å². The first kappa shape index (κ1) is 16.3. The maximum absolute atomic E-state index is 6.42. The minimum atomic E-state index is 0.271. The quantitative estimate of drug-likeness (QED) is 0.776. The van der Waals surface area contributed by atoms with Crippen LogP contribution in [0, 0.1) is 0 Å². The molecule has 2 fully saturated rings. The van der Waals surface area contributed by atoms with Gasteiger partial charge in [-0.1, -0.05) is 33.1 Å². The summed E-state index contributed by atoms with van der Waals surface area (Å²) in [5.74, 6) is 0. The largest absolute Gasteiger partial charge is 0.370 e. The molecule has 1 N–H and O–H groups in total.